The minimum absolute atomic E-state index is 0.137. The van der Waals surface area contributed by atoms with Crippen LogP contribution in [0.15, 0.2) is 23.1 Å². The fourth-order valence-corrected chi connectivity index (χ4v) is 3.17. The molecule has 1 amide bonds. The molecule has 1 aromatic heterocycles. The quantitative estimate of drug-likeness (QED) is 0.555. The second-order valence-corrected chi connectivity index (χ2v) is 6.67. The lowest BCUT2D eigenvalue weighted by molar-refractivity contribution is -0.189. The summed E-state index contributed by atoms with van der Waals surface area (Å²) in [7, 11) is 0. The number of alkyl halides is 3. The Balaban J connectivity index is 1.99. The Hall–Kier alpha value is -2.20. The molecule has 3 rings (SSSR count). The minimum atomic E-state index is -5.16. The van der Waals surface area contributed by atoms with E-state index in [1.807, 2.05) is 6.26 Å². The molecule has 2 heterocycles. The molecular formula is C16H16F3N3O3S. The van der Waals surface area contributed by atoms with Crippen LogP contribution in [0.4, 0.5) is 13.2 Å². The van der Waals surface area contributed by atoms with Crippen LogP contribution in [0.1, 0.15) is 16.9 Å². The molecule has 10 heteroatoms. The average Bonchev–Trinajstić information content (AvgIpc) is 3.21. The van der Waals surface area contributed by atoms with Crippen LogP contribution >= 0.6 is 11.8 Å². The van der Waals surface area contributed by atoms with Gasteiger partial charge in [0.05, 0.1) is 5.52 Å². The molecule has 0 saturated carbocycles. The third kappa shape index (κ3) is 3.80. The standard InChI is InChI=1S/C16H16F3N3O3S/c1-26-9-2-3-10-11(6-9)22-12(13(10)25-15(24)16(17,18)19)14(23)21-8-4-5-20-7-8/h2-3,6,8,20,22H,4-5,7H2,1H3,(H,21,23). The number of fused-ring (bicyclic) bond motifs is 1. The normalized spacial score (nSPS) is 17.5. The summed E-state index contributed by atoms with van der Waals surface area (Å²) >= 11 is 1.43. The number of amides is 1. The maximum absolute atomic E-state index is 12.6. The summed E-state index contributed by atoms with van der Waals surface area (Å²) in [5, 5.41) is 6.03. The van der Waals surface area contributed by atoms with Gasteiger partial charge in [0.25, 0.3) is 5.91 Å². The van der Waals surface area contributed by atoms with Crippen molar-refractivity contribution in [2.75, 3.05) is 19.3 Å². The SMILES string of the molecule is CSc1ccc2c(OC(=O)C(F)(F)F)c(C(=O)NC3CCNC3)[nH]c2c1. The lowest BCUT2D eigenvalue weighted by Gasteiger charge is -2.12. The fraction of sp³-hybridized carbons (Fsp3) is 0.375. The molecule has 1 aliphatic rings. The molecule has 1 saturated heterocycles. The van der Waals surface area contributed by atoms with Crippen LogP contribution < -0.4 is 15.4 Å². The van der Waals surface area contributed by atoms with E-state index in [9.17, 15) is 22.8 Å². The topological polar surface area (TPSA) is 83.2 Å². The number of hydrogen-bond acceptors (Lipinski definition) is 5. The van der Waals surface area contributed by atoms with Crippen LogP contribution in [-0.4, -0.2) is 48.4 Å². The number of aromatic amines is 1. The summed E-state index contributed by atoms with van der Waals surface area (Å²) in [6.07, 6.45) is -2.61. The van der Waals surface area contributed by atoms with Crippen molar-refractivity contribution in [3.05, 3.63) is 23.9 Å². The number of H-pyrrole nitrogens is 1. The lowest BCUT2D eigenvalue weighted by Crippen LogP contribution is -2.37. The van der Waals surface area contributed by atoms with Crippen molar-refractivity contribution < 1.29 is 27.5 Å². The molecule has 0 bridgehead atoms. The Morgan fingerprint density at radius 2 is 2.12 bits per heavy atom. The molecule has 1 fully saturated rings. The largest absolute Gasteiger partial charge is 0.491 e. The number of esters is 1. The maximum Gasteiger partial charge on any atom is 0.491 e. The number of benzene rings is 1. The van der Waals surface area contributed by atoms with Gasteiger partial charge in [0.1, 0.15) is 5.69 Å². The second kappa shape index (κ2) is 7.20. The van der Waals surface area contributed by atoms with Crippen molar-refractivity contribution in [2.24, 2.45) is 0 Å². The van der Waals surface area contributed by atoms with Gasteiger partial charge in [-0.2, -0.15) is 13.2 Å². The van der Waals surface area contributed by atoms with Gasteiger partial charge < -0.3 is 20.4 Å². The molecule has 0 radical (unpaired) electrons. The van der Waals surface area contributed by atoms with Crippen molar-refractivity contribution in [3.63, 3.8) is 0 Å². The van der Waals surface area contributed by atoms with Crippen LogP contribution in [0.25, 0.3) is 10.9 Å². The number of halogens is 3. The molecule has 2 aromatic rings. The van der Waals surface area contributed by atoms with Gasteiger partial charge in [-0.15, -0.1) is 11.8 Å². The summed E-state index contributed by atoms with van der Waals surface area (Å²) in [6.45, 7) is 1.31. The van der Waals surface area contributed by atoms with E-state index >= 15 is 0 Å². The van der Waals surface area contributed by atoms with E-state index in [4.69, 9.17) is 0 Å². The monoisotopic (exact) mass is 387 g/mol. The molecular weight excluding hydrogens is 371 g/mol. The molecule has 140 valence electrons. The predicted octanol–water partition coefficient (Wildman–Crippen LogP) is 2.45. The smallest absolute Gasteiger partial charge is 0.417 e. The highest BCUT2D eigenvalue weighted by molar-refractivity contribution is 7.98. The maximum atomic E-state index is 12.6. The number of carbonyl (C=O) groups excluding carboxylic acids is 2. The van der Waals surface area contributed by atoms with Crippen molar-refractivity contribution in [3.8, 4) is 5.75 Å². The van der Waals surface area contributed by atoms with Crippen LogP contribution in [0.5, 0.6) is 5.75 Å². The summed E-state index contributed by atoms with van der Waals surface area (Å²) in [6, 6.07) is 4.74. The number of ether oxygens (including phenoxy) is 1. The highest BCUT2D eigenvalue weighted by Gasteiger charge is 2.42. The molecule has 26 heavy (non-hydrogen) atoms. The summed E-state index contributed by atoms with van der Waals surface area (Å²) in [4.78, 5) is 27.5. The molecule has 0 aliphatic carbocycles. The Kier molecular flexibility index (Phi) is 5.15. The molecule has 0 spiro atoms. The van der Waals surface area contributed by atoms with Crippen LogP contribution in [0.3, 0.4) is 0 Å². The first kappa shape index (κ1) is 18.6. The number of thioether (sulfide) groups is 1. The van der Waals surface area contributed by atoms with Crippen LogP contribution in [0.2, 0.25) is 0 Å². The first-order valence-corrected chi connectivity index (χ1v) is 9.02. The van der Waals surface area contributed by atoms with Crippen LogP contribution in [0, 0.1) is 0 Å². The van der Waals surface area contributed by atoms with Gasteiger partial charge in [-0.05, 0) is 37.4 Å². The zero-order valence-corrected chi connectivity index (χ0v) is 14.5. The molecule has 1 aromatic carbocycles. The number of aromatic nitrogens is 1. The zero-order valence-electron chi connectivity index (χ0n) is 13.7. The summed E-state index contributed by atoms with van der Waals surface area (Å²) in [5.41, 5.74) is 0.208. The van der Waals surface area contributed by atoms with E-state index in [2.05, 4.69) is 20.4 Å². The summed E-state index contributed by atoms with van der Waals surface area (Å²) < 4.78 is 42.4. The predicted molar refractivity (Wildman–Crippen MR) is 90.5 cm³/mol. The lowest BCUT2D eigenvalue weighted by atomic mass is 10.2. The second-order valence-electron chi connectivity index (χ2n) is 5.79. The number of hydrogen-bond donors (Lipinski definition) is 3. The Morgan fingerprint density at radius 3 is 2.73 bits per heavy atom. The van der Waals surface area contributed by atoms with Gasteiger partial charge in [-0.1, -0.05) is 0 Å². The molecule has 1 atom stereocenters. The molecule has 1 unspecified atom stereocenters. The number of nitrogens with one attached hydrogen (secondary N) is 3. The van der Waals surface area contributed by atoms with Crippen molar-refractivity contribution in [1.29, 1.82) is 0 Å². The van der Waals surface area contributed by atoms with Crippen molar-refractivity contribution >= 4 is 34.5 Å². The molecule has 3 N–H and O–H groups in total. The zero-order chi connectivity index (χ0) is 18.9. The van der Waals surface area contributed by atoms with Gasteiger partial charge in [-0.25, -0.2) is 4.79 Å². The Morgan fingerprint density at radius 1 is 1.35 bits per heavy atom. The number of rotatable bonds is 4. The third-order valence-electron chi connectivity index (χ3n) is 4.01. The first-order valence-electron chi connectivity index (χ1n) is 7.80. The average molecular weight is 387 g/mol. The first-order chi connectivity index (χ1) is 12.3. The van der Waals surface area contributed by atoms with Gasteiger partial charge >= 0.3 is 12.1 Å². The van der Waals surface area contributed by atoms with E-state index < -0.39 is 23.8 Å². The van der Waals surface area contributed by atoms with E-state index in [-0.39, 0.29) is 17.1 Å². The van der Waals surface area contributed by atoms with E-state index in [1.54, 1.807) is 12.1 Å². The van der Waals surface area contributed by atoms with Crippen molar-refractivity contribution in [2.45, 2.75) is 23.5 Å². The van der Waals surface area contributed by atoms with Gasteiger partial charge in [-0.3, -0.25) is 4.79 Å². The highest BCUT2D eigenvalue weighted by atomic mass is 32.2. The third-order valence-corrected chi connectivity index (χ3v) is 4.73. The Labute approximate surface area is 150 Å². The highest BCUT2D eigenvalue weighted by Crippen LogP contribution is 2.34. The van der Waals surface area contributed by atoms with Gasteiger partial charge in [0.2, 0.25) is 0 Å². The summed E-state index contributed by atoms with van der Waals surface area (Å²) in [5.74, 6) is -3.41. The Bertz CT molecular complexity index is 844. The van der Waals surface area contributed by atoms with Crippen LogP contribution in [-0.2, 0) is 4.79 Å². The number of carbonyl (C=O) groups is 2. The fourth-order valence-electron chi connectivity index (χ4n) is 2.73. The molecule has 6 nitrogen and oxygen atoms in total. The van der Waals surface area contributed by atoms with Gasteiger partial charge in [0, 0.05) is 22.9 Å². The molecule has 1 aliphatic heterocycles. The van der Waals surface area contributed by atoms with E-state index in [0.717, 1.165) is 11.4 Å². The van der Waals surface area contributed by atoms with Gasteiger partial charge in [0.15, 0.2) is 5.75 Å². The van der Waals surface area contributed by atoms with E-state index in [1.165, 1.54) is 17.8 Å². The minimum Gasteiger partial charge on any atom is -0.417 e. The van der Waals surface area contributed by atoms with Crippen molar-refractivity contribution in [1.82, 2.24) is 15.6 Å². The van der Waals surface area contributed by atoms with E-state index in [0.29, 0.717) is 18.5 Å².